The van der Waals surface area contributed by atoms with Crippen LogP contribution in [-0.4, -0.2) is 0 Å². The lowest BCUT2D eigenvalue weighted by Crippen LogP contribution is -2.11. The van der Waals surface area contributed by atoms with Crippen molar-refractivity contribution in [3.63, 3.8) is 0 Å². The molecule has 0 saturated heterocycles. The van der Waals surface area contributed by atoms with Crippen molar-refractivity contribution in [2.75, 3.05) is 4.90 Å². The smallest absolute Gasteiger partial charge is 0.159 e. The summed E-state index contributed by atoms with van der Waals surface area (Å²) in [6.07, 6.45) is 0. The van der Waals surface area contributed by atoms with Crippen molar-refractivity contribution in [3.8, 4) is 33.4 Å². The Hall–Kier alpha value is -6.94. The first-order valence-electron chi connectivity index (χ1n) is 18.7. The predicted octanol–water partition coefficient (Wildman–Crippen LogP) is 15.6. The van der Waals surface area contributed by atoms with Crippen molar-refractivity contribution in [1.82, 2.24) is 0 Å². The lowest BCUT2D eigenvalue weighted by molar-refractivity contribution is 0.670. The van der Waals surface area contributed by atoms with Crippen molar-refractivity contribution in [2.45, 2.75) is 0 Å². The maximum absolute atomic E-state index is 7.33. The SMILES string of the molecule is c1ccc(-c2ccc(N(c3ccccc3-c3ccccc3)c3cccc4c3oc3c(-c5cccc6c5sc5ccccc56)c5ccccc5cc34)cc2)cc1. The van der Waals surface area contributed by atoms with E-state index in [1.807, 2.05) is 11.3 Å². The summed E-state index contributed by atoms with van der Waals surface area (Å²) < 4.78 is 9.89. The highest BCUT2D eigenvalue weighted by molar-refractivity contribution is 7.26. The number of furan rings is 1. The summed E-state index contributed by atoms with van der Waals surface area (Å²) in [5, 5.41) is 7.14. The van der Waals surface area contributed by atoms with Gasteiger partial charge in [-0.3, -0.25) is 0 Å². The highest BCUT2D eigenvalue weighted by Gasteiger charge is 2.25. The van der Waals surface area contributed by atoms with E-state index in [-0.39, 0.29) is 0 Å². The average Bonchev–Trinajstić information content (AvgIpc) is 3.83. The largest absolute Gasteiger partial charge is 0.453 e. The standard InChI is InChI=1S/C52H33NOS/c1-3-15-34(16-4-1)35-29-31-38(32-30-35)53(46-26-11-9-20-39(46)36-17-5-2-6-18-36)47-27-14-23-42-45-33-37-19-7-8-21-40(37)49(51(45)54-50(42)47)44-25-13-24-43-41-22-10-12-28-48(41)55-52(43)44/h1-33H. The lowest BCUT2D eigenvalue weighted by atomic mass is 9.94. The van der Waals surface area contributed by atoms with Crippen LogP contribution in [-0.2, 0) is 0 Å². The molecule has 0 aliphatic rings. The first-order chi connectivity index (χ1) is 27.3. The molecule has 0 atom stereocenters. The van der Waals surface area contributed by atoms with Crippen LogP contribution in [0.3, 0.4) is 0 Å². The van der Waals surface area contributed by atoms with Gasteiger partial charge in [-0.1, -0.05) is 164 Å². The fourth-order valence-electron chi connectivity index (χ4n) is 8.34. The summed E-state index contributed by atoms with van der Waals surface area (Å²) in [7, 11) is 0. The zero-order valence-electron chi connectivity index (χ0n) is 29.8. The number of rotatable bonds is 6. The fourth-order valence-corrected chi connectivity index (χ4v) is 9.56. The Morgan fingerprint density at radius 3 is 1.82 bits per heavy atom. The van der Waals surface area contributed by atoms with E-state index in [4.69, 9.17) is 4.42 Å². The highest BCUT2D eigenvalue weighted by Crippen LogP contribution is 2.50. The first-order valence-corrected chi connectivity index (χ1v) is 19.5. The van der Waals surface area contributed by atoms with Gasteiger partial charge in [0.15, 0.2) is 5.58 Å². The molecule has 0 radical (unpaired) electrons. The van der Waals surface area contributed by atoms with Crippen molar-refractivity contribution in [2.24, 2.45) is 0 Å². The number of benzene rings is 9. The number of thiophene rings is 1. The molecule has 9 aromatic carbocycles. The van der Waals surface area contributed by atoms with Gasteiger partial charge in [-0.05, 0) is 63.9 Å². The Morgan fingerprint density at radius 1 is 0.382 bits per heavy atom. The van der Waals surface area contributed by atoms with E-state index in [0.29, 0.717) is 0 Å². The second-order valence-electron chi connectivity index (χ2n) is 14.0. The van der Waals surface area contributed by atoms with Crippen LogP contribution in [0.5, 0.6) is 0 Å². The molecule has 55 heavy (non-hydrogen) atoms. The van der Waals surface area contributed by atoms with Crippen molar-refractivity contribution >= 4 is 81.3 Å². The van der Waals surface area contributed by atoms with Gasteiger partial charge >= 0.3 is 0 Å². The van der Waals surface area contributed by atoms with Gasteiger partial charge in [0.1, 0.15) is 5.58 Å². The minimum absolute atomic E-state index is 0.854. The van der Waals surface area contributed by atoms with Gasteiger partial charge in [-0.25, -0.2) is 0 Å². The highest BCUT2D eigenvalue weighted by atomic mass is 32.1. The van der Waals surface area contributed by atoms with Gasteiger partial charge in [0.2, 0.25) is 0 Å². The summed E-state index contributed by atoms with van der Waals surface area (Å²) in [6, 6.07) is 71.9. The Bertz CT molecular complexity index is 3190. The van der Waals surface area contributed by atoms with Gasteiger partial charge < -0.3 is 9.32 Å². The lowest BCUT2D eigenvalue weighted by Gasteiger charge is -2.28. The maximum atomic E-state index is 7.33. The number of anilines is 3. The molecular formula is C52H33NOS. The van der Waals surface area contributed by atoms with Gasteiger partial charge in [-0.15, -0.1) is 11.3 Å². The Balaban J connectivity index is 1.20. The number of hydrogen-bond acceptors (Lipinski definition) is 3. The van der Waals surface area contributed by atoms with Gasteiger partial charge in [0.25, 0.3) is 0 Å². The fraction of sp³-hybridized carbons (Fsp3) is 0. The monoisotopic (exact) mass is 719 g/mol. The zero-order valence-corrected chi connectivity index (χ0v) is 30.6. The van der Waals surface area contributed by atoms with Crippen molar-refractivity contribution in [3.05, 3.63) is 200 Å². The van der Waals surface area contributed by atoms with Crippen LogP contribution in [0.1, 0.15) is 0 Å². The van der Waals surface area contributed by atoms with Crippen LogP contribution in [0.15, 0.2) is 205 Å². The van der Waals surface area contributed by atoms with Crippen LogP contribution in [0.2, 0.25) is 0 Å². The van der Waals surface area contributed by atoms with E-state index in [9.17, 15) is 0 Å². The van der Waals surface area contributed by atoms with E-state index < -0.39 is 0 Å². The molecule has 0 aliphatic heterocycles. The topological polar surface area (TPSA) is 16.4 Å². The molecule has 0 saturated carbocycles. The molecule has 11 aromatic rings. The number of fused-ring (bicyclic) bond motifs is 7. The molecule has 2 heterocycles. The second kappa shape index (κ2) is 12.9. The molecule has 2 nitrogen and oxygen atoms in total. The molecule has 0 aliphatic carbocycles. The second-order valence-corrected chi connectivity index (χ2v) is 15.1. The van der Waals surface area contributed by atoms with Gasteiger partial charge in [0.05, 0.1) is 11.4 Å². The molecule has 0 bridgehead atoms. The summed E-state index contributed by atoms with van der Waals surface area (Å²) >= 11 is 1.86. The minimum Gasteiger partial charge on any atom is -0.453 e. The van der Waals surface area contributed by atoms with E-state index in [1.165, 1.54) is 47.6 Å². The van der Waals surface area contributed by atoms with E-state index in [1.54, 1.807) is 0 Å². The summed E-state index contributed by atoms with van der Waals surface area (Å²) in [6.45, 7) is 0. The Morgan fingerprint density at radius 2 is 0.982 bits per heavy atom. The zero-order chi connectivity index (χ0) is 36.3. The maximum Gasteiger partial charge on any atom is 0.159 e. The molecule has 0 fully saturated rings. The van der Waals surface area contributed by atoms with Crippen LogP contribution in [0.4, 0.5) is 17.1 Å². The molecule has 258 valence electrons. The third kappa shape index (κ3) is 5.16. The quantitative estimate of drug-likeness (QED) is 0.170. The number of nitrogens with zero attached hydrogens (tertiary/aromatic N) is 1. The van der Waals surface area contributed by atoms with Gasteiger partial charge in [0, 0.05) is 53.3 Å². The molecular weight excluding hydrogens is 687 g/mol. The summed E-state index contributed by atoms with van der Waals surface area (Å²) in [5.41, 5.74) is 11.9. The summed E-state index contributed by atoms with van der Waals surface area (Å²) in [5.74, 6) is 0. The molecule has 0 amide bonds. The molecule has 0 N–H and O–H groups in total. The van der Waals surface area contributed by atoms with Crippen LogP contribution in [0, 0.1) is 0 Å². The van der Waals surface area contributed by atoms with Crippen molar-refractivity contribution < 1.29 is 4.42 Å². The van der Waals surface area contributed by atoms with Gasteiger partial charge in [-0.2, -0.15) is 0 Å². The third-order valence-corrected chi connectivity index (χ3v) is 12.1. The normalized spacial score (nSPS) is 11.6. The molecule has 0 spiro atoms. The molecule has 2 aromatic heterocycles. The van der Waals surface area contributed by atoms with Crippen LogP contribution >= 0.6 is 11.3 Å². The number of para-hydroxylation sites is 2. The van der Waals surface area contributed by atoms with Crippen LogP contribution in [0.25, 0.3) is 86.3 Å². The predicted molar refractivity (Wildman–Crippen MR) is 235 cm³/mol. The van der Waals surface area contributed by atoms with E-state index in [0.717, 1.165) is 55.7 Å². The average molecular weight is 720 g/mol. The first kappa shape index (κ1) is 31.6. The van der Waals surface area contributed by atoms with Crippen molar-refractivity contribution in [1.29, 1.82) is 0 Å². The Kier molecular flexibility index (Phi) is 7.39. The summed E-state index contributed by atoms with van der Waals surface area (Å²) in [4.78, 5) is 2.37. The Labute approximate surface area is 322 Å². The number of hydrogen-bond donors (Lipinski definition) is 0. The van der Waals surface area contributed by atoms with E-state index in [2.05, 4.69) is 205 Å². The minimum atomic E-state index is 0.854. The molecule has 11 rings (SSSR count). The third-order valence-electron chi connectivity index (χ3n) is 10.9. The molecule has 0 unspecified atom stereocenters. The van der Waals surface area contributed by atoms with E-state index >= 15 is 0 Å². The van der Waals surface area contributed by atoms with Crippen LogP contribution < -0.4 is 4.90 Å². The molecule has 3 heteroatoms.